The molecule has 2 amide bonds. The highest BCUT2D eigenvalue weighted by Crippen LogP contribution is 2.15. The lowest BCUT2D eigenvalue weighted by molar-refractivity contribution is -0.142. The number of carbonyl (C=O) groups excluding carboxylic acids is 2. The van der Waals surface area contributed by atoms with Gasteiger partial charge in [0.1, 0.15) is 0 Å². The van der Waals surface area contributed by atoms with Crippen LogP contribution in [0.25, 0.3) is 0 Å². The summed E-state index contributed by atoms with van der Waals surface area (Å²) in [7, 11) is 1.84. The number of nitrogens with zero attached hydrogens (tertiary/aromatic N) is 2. The molecular weight excluding hydrogens is 349 g/mol. The van der Waals surface area contributed by atoms with Crippen LogP contribution in [0.4, 0.5) is 0 Å². The number of rotatable bonds is 5. The van der Waals surface area contributed by atoms with E-state index in [1.807, 2.05) is 42.0 Å². The highest BCUT2D eigenvalue weighted by atomic mass is 35.5. The second kappa shape index (κ2) is 9.87. The summed E-state index contributed by atoms with van der Waals surface area (Å²) in [6, 6.07) is 7.42. The number of piperazine rings is 1. The van der Waals surface area contributed by atoms with Gasteiger partial charge in [-0.1, -0.05) is 23.7 Å². The Balaban J connectivity index is 0.00000288. The Labute approximate surface area is 154 Å². The van der Waals surface area contributed by atoms with Crippen LogP contribution in [0.3, 0.4) is 0 Å². The molecule has 7 heteroatoms. The van der Waals surface area contributed by atoms with Gasteiger partial charge in [0.2, 0.25) is 11.8 Å². The molecule has 0 aliphatic carbocycles. The second-order valence-corrected chi connectivity index (χ2v) is 6.37. The highest BCUT2D eigenvalue weighted by molar-refractivity contribution is 6.30. The molecule has 1 heterocycles. The van der Waals surface area contributed by atoms with Gasteiger partial charge in [-0.05, 0) is 31.7 Å². The van der Waals surface area contributed by atoms with E-state index in [2.05, 4.69) is 5.32 Å². The summed E-state index contributed by atoms with van der Waals surface area (Å²) in [6.45, 7) is 4.47. The van der Waals surface area contributed by atoms with Gasteiger partial charge in [-0.3, -0.25) is 9.59 Å². The summed E-state index contributed by atoms with van der Waals surface area (Å²) in [5.41, 5.74) is 0.919. The van der Waals surface area contributed by atoms with Crippen LogP contribution in [-0.4, -0.2) is 60.9 Å². The Morgan fingerprint density at radius 1 is 1.29 bits per heavy atom. The van der Waals surface area contributed by atoms with Crippen molar-refractivity contribution in [3.8, 4) is 0 Å². The number of hydrogen-bond donors (Lipinski definition) is 1. The van der Waals surface area contributed by atoms with Crippen molar-refractivity contribution in [1.29, 1.82) is 0 Å². The maximum atomic E-state index is 12.5. The molecule has 1 aliphatic rings. The lowest BCUT2D eigenvalue weighted by Crippen LogP contribution is -2.56. The molecule has 0 saturated carbocycles. The Kier molecular flexibility index (Phi) is 8.53. The summed E-state index contributed by atoms with van der Waals surface area (Å²) in [6.07, 6.45) is 0.846. The third kappa shape index (κ3) is 5.65. The van der Waals surface area contributed by atoms with Crippen molar-refractivity contribution in [3.63, 3.8) is 0 Å². The van der Waals surface area contributed by atoms with Crippen molar-refractivity contribution < 1.29 is 9.59 Å². The van der Waals surface area contributed by atoms with Crippen molar-refractivity contribution in [2.45, 2.75) is 25.8 Å². The number of amides is 2. The lowest BCUT2D eigenvalue weighted by Gasteiger charge is -2.40. The van der Waals surface area contributed by atoms with Gasteiger partial charge < -0.3 is 15.1 Å². The Bertz CT molecular complexity index is 569. The van der Waals surface area contributed by atoms with E-state index in [9.17, 15) is 9.59 Å². The van der Waals surface area contributed by atoms with E-state index in [1.54, 1.807) is 6.07 Å². The van der Waals surface area contributed by atoms with Gasteiger partial charge in [-0.25, -0.2) is 0 Å². The van der Waals surface area contributed by atoms with Crippen LogP contribution >= 0.6 is 24.0 Å². The highest BCUT2D eigenvalue weighted by Gasteiger charge is 2.29. The average Bonchev–Trinajstić information content (AvgIpc) is 2.52. The Hall–Kier alpha value is -1.30. The largest absolute Gasteiger partial charge is 0.339 e. The standard InChI is InChI=1S/C17H24ClN3O2.ClH/c1-13-12-20(16(22)6-7-19-2)8-9-21(13)17(23)11-14-4-3-5-15(18)10-14;/h3-5,10,13,19H,6-9,11-12H2,1-2H3;1H. The van der Waals surface area contributed by atoms with Crippen molar-refractivity contribution in [1.82, 2.24) is 15.1 Å². The zero-order valence-electron chi connectivity index (χ0n) is 14.1. The minimum atomic E-state index is 0. The predicted octanol–water partition coefficient (Wildman–Crippen LogP) is 1.97. The first-order valence-corrected chi connectivity index (χ1v) is 8.35. The van der Waals surface area contributed by atoms with Crippen molar-refractivity contribution in [2.24, 2.45) is 0 Å². The Morgan fingerprint density at radius 3 is 2.67 bits per heavy atom. The molecule has 1 aliphatic heterocycles. The maximum Gasteiger partial charge on any atom is 0.227 e. The number of halogens is 2. The minimum absolute atomic E-state index is 0. The number of carbonyl (C=O) groups is 2. The predicted molar refractivity (Wildman–Crippen MR) is 98.7 cm³/mol. The third-order valence-corrected chi connectivity index (χ3v) is 4.37. The second-order valence-electron chi connectivity index (χ2n) is 5.94. The van der Waals surface area contributed by atoms with E-state index in [4.69, 9.17) is 11.6 Å². The molecule has 1 unspecified atom stereocenters. The number of hydrogen-bond acceptors (Lipinski definition) is 3. The maximum absolute atomic E-state index is 12.5. The molecule has 1 atom stereocenters. The molecular formula is C17H25Cl2N3O2. The first-order valence-electron chi connectivity index (χ1n) is 7.97. The summed E-state index contributed by atoms with van der Waals surface area (Å²) >= 11 is 5.96. The Morgan fingerprint density at radius 2 is 2.04 bits per heavy atom. The van der Waals surface area contributed by atoms with E-state index < -0.39 is 0 Å². The molecule has 1 aromatic carbocycles. The van der Waals surface area contributed by atoms with Crippen LogP contribution in [0.5, 0.6) is 0 Å². The molecule has 0 spiro atoms. The van der Waals surface area contributed by atoms with Gasteiger partial charge in [-0.2, -0.15) is 0 Å². The number of benzene rings is 1. The molecule has 1 fully saturated rings. The van der Waals surface area contributed by atoms with Gasteiger partial charge in [0.15, 0.2) is 0 Å². The molecule has 5 nitrogen and oxygen atoms in total. The van der Waals surface area contributed by atoms with Gasteiger partial charge in [0.25, 0.3) is 0 Å². The van der Waals surface area contributed by atoms with E-state index in [0.29, 0.717) is 44.0 Å². The zero-order valence-corrected chi connectivity index (χ0v) is 15.7. The SMILES string of the molecule is CNCCC(=O)N1CCN(C(=O)Cc2cccc(Cl)c2)C(C)C1.Cl. The first kappa shape index (κ1) is 20.7. The average molecular weight is 374 g/mol. The fourth-order valence-electron chi connectivity index (χ4n) is 2.87. The van der Waals surface area contributed by atoms with Crippen LogP contribution < -0.4 is 5.32 Å². The van der Waals surface area contributed by atoms with Crippen LogP contribution in [0, 0.1) is 0 Å². The molecule has 1 N–H and O–H groups in total. The van der Waals surface area contributed by atoms with Crippen LogP contribution in [0.2, 0.25) is 5.02 Å². The molecule has 2 rings (SSSR count). The fourth-order valence-corrected chi connectivity index (χ4v) is 3.08. The molecule has 0 radical (unpaired) electrons. The summed E-state index contributed by atoms with van der Waals surface area (Å²) in [4.78, 5) is 28.3. The van der Waals surface area contributed by atoms with Gasteiger partial charge in [0, 0.05) is 43.7 Å². The van der Waals surface area contributed by atoms with Crippen LogP contribution in [0.1, 0.15) is 18.9 Å². The van der Waals surface area contributed by atoms with E-state index in [0.717, 1.165) is 5.56 Å². The normalized spacial score (nSPS) is 17.4. The topological polar surface area (TPSA) is 52.7 Å². The van der Waals surface area contributed by atoms with Crippen LogP contribution in [0.15, 0.2) is 24.3 Å². The van der Waals surface area contributed by atoms with Gasteiger partial charge in [0.05, 0.1) is 6.42 Å². The quantitative estimate of drug-likeness (QED) is 0.858. The third-order valence-electron chi connectivity index (χ3n) is 4.13. The van der Waals surface area contributed by atoms with Gasteiger partial charge >= 0.3 is 0 Å². The monoisotopic (exact) mass is 373 g/mol. The summed E-state index contributed by atoms with van der Waals surface area (Å²) in [5.74, 6) is 0.232. The zero-order chi connectivity index (χ0) is 16.8. The minimum Gasteiger partial charge on any atom is -0.339 e. The first-order chi connectivity index (χ1) is 11.0. The van der Waals surface area contributed by atoms with Crippen molar-refractivity contribution in [3.05, 3.63) is 34.9 Å². The fraction of sp³-hybridized carbons (Fsp3) is 0.529. The molecule has 0 aromatic heterocycles. The molecule has 24 heavy (non-hydrogen) atoms. The van der Waals surface area contributed by atoms with Gasteiger partial charge in [-0.15, -0.1) is 12.4 Å². The van der Waals surface area contributed by atoms with Crippen molar-refractivity contribution >= 4 is 35.8 Å². The van der Waals surface area contributed by atoms with E-state index in [1.165, 1.54) is 0 Å². The lowest BCUT2D eigenvalue weighted by atomic mass is 10.1. The molecule has 0 bridgehead atoms. The van der Waals surface area contributed by atoms with E-state index >= 15 is 0 Å². The molecule has 1 saturated heterocycles. The smallest absolute Gasteiger partial charge is 0.227 e. The summed E-state index contributed by atoms with van der Waals surface area (Å²) in [5, 5.41) is 3.63. The molecule has 1 aromatic rings. The summed E-state index contributed by atoms with van der Waals surface area (Å²) < 4.78 is 0. The van der Waals surface area contributed by atoms with E-state index in [-0.39, 0.29) is 30.3 Å². The molecule has 134 valence electrons. The van der Waals surface area contributed by atoms with Crippen molar-refractivity contribution in [2.75, 3.05) is 33.2 Å². The van der Waals surface area contributed by atoms with Crippen LogP contribution in [-0.2, 0) is 16.0 Å². The number of nitrogens with one attached hydrogen (secondary N) is 1.